The number of rotatable bonds is 5. The number of nitrogens with one attached hydrogen (secondary N) is 1. The Labute approximate surface area is 114 Å². The Morgan fingerprint density at radius 1 is 1.42 bits per heavy atom. The van der Waals surface area contributed by atoms with E-state index in [1.165, 1.54) is 0 Å². The maximum absolute atomic E-state index is 12.1. The van der Waals surface area contributed by atoms with Gasteiger partial charge in [0.2, 0.25) is 5.91 Å². The van der Waals surface area contributed by atoms with Crippen molar-refractivity contribution in [3.8, 4) is 0 Å². The minimum Gasteiger partial charge on any atom is -0.370 e. The van der Waals surface area contributed by atoms with Gasteiger partial charge in [-0.25, -0.2) is 0 Å². The Bertz CT molecular complexity index is 394. The third-order valence-corrected chi connectivity index (χ3v) is 3.41. The molecule has 1 amide bonds. The van der Waals surface area contributed by atoms with Gasteiger partial charge in [0.05, 0.1) is 13.2 Å². The SMILES string of the molecule is CNCCCC(=O)N1CCOC(c2ccccc2)C1. The molecule has 4 heteroatoms. The molecule has 104 valence electrons. The zero-order valence-corrected chi connectivity index (χ0v) is 11.5. The number of carbonyl (C=O) groups excluding carboxylic acids is 1. The van der Waals surface area contributed by atoms with Gasteiger partial charge < -0.3 is 15.0 Å². The van der Waals surface area contributed by atoms with Crippen molar-refractivity contribution in [1.82, 2.24) is 10.2 Å². The van der Waals surface area contributed by atoms with Crippen molar-refractivity contribution >= 4 is 5.91 Å². The lowest BCUT2D eigenvalue weighted by Crippen LogP contribution is -2.42. The Balaban J connectivity index is 1.88. The van der Waals surface area contributed by atoms with E-state index in [9.17, 15) is 4.79 Å². The molecule has 1 saturated heterocycles. The van der Waals surface area contributed by atoms with Crippen LogP contribution >= 0.6 is 0 Å². The molecule has 19 heavy (non-hydrogen) atoms. The number of carbonyl (C=O) groups is 1. The van der Waals surface area contributed by atoms with E-state index in [1.807, 2.05) is 30.1 Å². The Morgan fingerprint density at radius 2 is 2.21 bits per heavy atom. The van der Waals surface area contributed by atoms with E-state index in [0.717, 1.165) is 18.5 Å². The van der Waals surface area contributed by atoms with E-state index in [1.54, 1.807) is 0 Å². The monoisotopic (exact) mass is 262 g/mol. The summed E-state index contributed by atoms with van der Waals surface area (Å²) in [5.74, 6) is 0.236. The Kier molecular flexibility index (Phi) is 5.36. The van der Waals surface area contributed by atoms with Crippen LogP contribution in [0.4, 0.5) is 0 Å². The van der Waals surface area contributed by atoms with E-state index in [-0.39, 0.29) is 12.0 Å². The van der Waals surface area contributed by atoms with E-state index >= 15 is 0 Å². The van der Waals surface area contributed by atoms with Crippen LogP contribution in [0.3, 0.4) is 0 Å². The highest BCUT2D eigenvalue weighted by atomic mass is 16.5. The van der Waals surface area contributed by atoms with Crippen molar-refractivity contribution < 1.29 is 9.53 Å². The van der Waals surface area contributed by atoms with Crippen LogP contribution < -0.4 is 5.32 Å². The molecule has 0 aliphatic carbocycles. The van der Waals surface area contributed by atoms with Crippen molar-refractivity contribution in [3.63, 3.8) is 0 Å². The van der Waals surface area contributed by atoms with Crippen LogP contribution in [0.1, 0.15) is 24.5 Å². The highest BCUT2D eigenvalue weighted by molar-refractivity contribution is 5.76. The predicted molar refractivity (Wildman–Crippen MR) is 74.9 cm³/mol. The molecule has 2 rings (SSSR count). The van der Waals surface area contributed by atoms with Gasteiger partial charge >= 0.3 is 0 Å². The van der Waals surface area contributed by atoms with Gasteiger partial charge in [0.1, 0.15) is 6.10 Å². The molecule has 1 aromatic rings. The molecule has 1 heterocycles. The number of hydrogen-bond acceptors (Lipinski definition) is 3. The van der Waals surface area contributed by atoms with Crippen LogP contribution in [-0.2, 0) is 9.53 Å². The van der Waals surface area contributed by atoms with Crippen molar-refractivity contribution in [2.45, 2.75) is 18.9 Å². The summed E-state index contributed by atoms with van der Waals surface area (Å²) < 4.78 is 5.76. The molecule has 4 nitrogen and oxygen atoms in total. The van der Waals surface area contributed by atoms with E-state index in [4.69, 9.17) is 4.74 Å². The summed E-state index contributed by atoms with van der Waals surface area (Å²) in [6.45, 7) is 2.89. The molecule has 1 aliphatic heterocycles. The first kappa shape index (κ1) is 14.0. The number of nitrogens with zero attached hydrogens (tertiary/aromatic N) is 1. The predicted octanol–water partition coefficient (Wildman–Crippen LogP) is 1.59. The smallest absolute Gasteiger partial charge is 0.222 e. The van der Waals surface area contributed by atoms with Gasteiger partial charge in [0.15, 0.2) is 0 Å². The largest absolute Gasteiger partial charge is 0.370 e. The van der Waals surface area contributed by atoms with E-state index < -0.39 is 0 Å². The number of hydrogen-bond donors (Lipinski definition) is 1. The fourth-order valence-electron chi connectivity index (χ4n) is 2.32. The van der Waals surface area contributed by atoms with Crippen LogP contribution in [0.5, 0.6) is 0 Å². The van der Waals surface area contributed by atoms with Crippen molar-refractivity contribution in [2.24, 2.45) is 0 Å². The maximum atomic E-state index is 12.1. The lowest BCUT2D eigenvalue weighted by Gasteiger charge is -2.33. The van der Waals surface area contributed by atoms with Crippen molar-refractivity contribution in [1.29, 1.82) is 0 Å². The molecule has 0 aromatic heterocycles. The fraction of sp³-hybridized carbons (Fsp3) is 0.533. The maximum Gasteiger partial charge on any atom is 0.222 e. The molecule has 0 bridgehead atoms. The summed E-state index contributed by atoms with van der Waals surface area (Å²) in [4.78, 5) is 14.0. The standard InChI is InChI=1S/C15H22N2O2/c1-16-9-5-8-15(18)17-10-11-19-14(12-17)13-6-3-2-4-7-13/h2-4,6-7,14,16H,5,8-12H2,1H3. The normalized spacial score (nSPS) is 19.4. The van der Waals surface area contributed by atoms with Gasteiger partial charge in [-0.1, -0.05) is 30.3 Å². The summed E-state index contributed by atoms with van der Waals surface area (Å²) in [7, 11) is 1.91. The van der Waals surface area contributed by atoms with Crippen LogP contribution in [-0.4, -0.2) is 44.1 Å². The third-order valence-electron chi connectivity index (χ3n) is 3.41. The molecule has 1 atom stereocenters. The molecule has 0 saturated carbocycles. The van der Waals surface area contributed by atoms with Gasteiger partial charge in [-0.05, 0) is 25.6 Å². The van der Waals surface area contributed by atoms with E-state index in [2.05, 4.69) is 17.4 Å². The average Bonchev–Trinajstić information content (AvgIpc) is 2.48. The Hall–Kier alpha value is -1.39. The molecule has 1 N–H and O–H groups in total. The lowest BCUT2D eigenvalue weighted by atomic mass is 10.1. The zero-order valence-electron chi connectivity index (χ0n) is 11.5. The number of ether oxygens (including phenoxy) is 1. The molecular formula is C15H22N2O2. The number of morpholine rings is 1. The second kappa shape index (κ2) is 7.26. The van der Waals surface area contributed by atoms with Gasteiger partial charge in [0.25, 0.3) is 0 Å². The van der Waals surface area contributed by atoms with Gasteiger partial charge in [-0.2, -0.15) is 0 Å². The first-order valence-electron chi connectivity index (χ1n) is 6.90. The minimum absolute atomic E-state index is 0.0169. The molecule has 1 unspecified atom stereocenters. The van der Waals surface area contributed by atoms with Crippen molar-refractivity contribution in [2.75, 3.05) is 33.3 Å². The second-order valence-electron chi connectivity index (χ2n) is 4.82. The molecular weight excluding hydrogens is 240 g/mol. The first-order valence-corrected chi connectivity index (χ1v) is 6.90. The van der Waals surface area contributed by atoms with Crippen LogP contribution in [0.25, 0.3) is 0 Å². The second-order valence-corrected chi connectivity index (χ2v) is 4.82. The summed E-state index contributed by atoms with van der Waals surface area (Å²) in [5.41, 5.74) is 1.15. The molecule has 1 fully saturated rings. The average molecular weight is 262 g/mol. The van der Waals surface area contributed by atoms with Crippen LogP contribution in [0.2, 0.25) is 0 Å². The zero-order chi connectivity index (χ0) is 13.5. The summed E-state index contributed by atoms with van der Waals surface area (Å²) in [6, 6.07) is 10.1. The summed E-state index contributed by atoms with van der Waals surface area (Å²) in [6.07, 6.45) is 1.52. The topological polar surface area (TPSA) is 41.6 Å². The molecule has 0 radical (unpaired) electrons. The number of benzene rings is 1. The lowest BCUT2D eigenvalue weighted by molar-refractivity contribution is -0.139. The quantitative estimate of drug-likeness (QED) is 0.819. The highest BCUT2D eigenvalue weighted by Crippen LogP contribution is 2.22. The van der Waals surface area contributed by atoms with Crippen molar-refractivity contribution in [3.05, 3.63) is 35.9 Å². The minimum atomic E-state index is 0.0169. The number of amides is 1. The van der Waals surface area contributed by atoms with Crippen LogP contribution in [0, 0.1) is 0 Å². The summed E-state index contributed by atoms with van der Waals surface area (Å²) >= 11 is 0. The van der Waals surface area contributed by atoms with Gasteiger partial charge in [-0.3, -0.25) is 4.79 Å². The molecule has 1 aliphatic rings. The summed E-state index contributed by atoms with van der Waals surface area (Å²) in [5, 5.41) is 3.07. The Morgan fingerprint density at radius 3 is 2.95 bits per heavy atom. The van der Waals surface area contributed by atoms with Gasteiger partial charge in [-0.15, -0.1) is 0 Å². The van der Waals surface area contributed by atoms with Crippen LogP contribution in [0.15, 0.2) is 30.3 Å². The molecule has 1 aromatic carbocycles. The van der Waals surface area contributed by atoms with E-state index in [0.29, 0.717) is 26.1 Å². The fourth-order valence-corrected chi connectivity index (χ4v) is 2.32. The van der Waals surface area contributed by atoms with Gasteiger partial charge in [0, 0.05) is 13.0 Å². The highest BCUT2D eigenvalue weighted by Gasteiger charge is 2.24. The molecule has 0 spiro atoms. The third kappa shape index (κ3) is 4.04. The first-order chi connectivity index (χ1) is 9.31.